The third-order valence-corrected chi connectivity index (χ3v) is 4.58. The van der Waals surface area contributed by atoms with Crippen LogP contribution < -0.4 is 21.7 Å². The summed E-state index contributed by atoms with van der Waals surface area (Å²) >= 11 is 6.00. The highest BCUT2D eigenvalue weighted by atomic mass is 35.5. The van der Waals surface area contributed by atoms with Gasteiger partial charge < -0.3 is 10.5 Å². The topological polar surface area (TPSA) is 103 Å². The maximum atomic E-state index is 12.7. The average Bonchev–Trinajstić information content (AvgIpc) is 2.56. The Hall–Kier alpha value is -3.06. The van der Waals surface area contributed by atoms with E-state index in [2.05, 4.69) is 9.97 Å². The lowest BCUT2D eigenvalue weighted by Gasteiger charge is -2.19. The van der Waals surface area contributed by atoms with Gasteiger partial charge in [0, 0.05) is 0 Å². The second kappa shape index (κ2) is 8.13. The van der Waals surface area contributed by atoms with Gasteiger partial charge in [0.15, 0.2) is 0 Å². The number of anilines is 1. The van der Waals surface area contributed by atoms with Crippen molar-refractivity contribution in [2.75, 3.05) is 5.73 Å². The van der Waals surface area contributed by atoms with Gasteiger partial charge in [0.2, 0.25) is 5.88 Å². The van der Waals surface area contributed by atoms with Crippen molar-refractivity contribution < 1.29 is 4.74 Å². The van der Waals surface area contributed by atoms with E-state index in [0.29, 0.717) is 16.9 Å². The summed E-state index contributed by atoms with van der Waals surface area (Å²) in [6.45, 7) is 7.76. The van der Waals surface area contributed by atoms with E-state index in [0.717, 1.165) is 11.1 Å². The van der Waals surface area contributed by atoms with Crippen molar-refractivity contribution >= 4 is 17.4 Å². The van der Waals surface area contributed by atoms with E-state index in [1.165, 1.54) is 4.57 Å². The molecule has 152 valence electrons. The number of nitrogens with two attached hydrogens (primary N) is 1. The van der Waals surface area contributed by atoms with Crippen LogP contribution in [0.5, 0.6) is 11.6 Å². The summed E-state index contributed by atoms with van der Waals surface area (Å²) in [6, 6.07) is 8.97. The van der Waals surface area contributed by atoms with Gasteiger partial charge in [-0.15, -0.1) is 0 Å². The SMILES string of the molecule is Cc1cc(C)cc(Oc2c(C(C)C)c(=O)[nH]c(=O)n2Cc2cc(N)nc(Cl)c2)c1. The minimum Gasteiger partial charge on any atom is -0.440 e. The Morgan fingerprint density at radius 1 is 1.14 bits per heavy atom. The molecule has 0 aliphatic rings. The molecule has 0 amide bonds. The molecule has 7 nitrogen and oxygen atoms in total. The van der Waals surface area contributed by atoms with Gasteiger partial charge in [-0.1, -0.05) is 31.5 Å². The molecule has 1 aromatic carbocycles. The molecule has 0 radical (unpaired) electrons. The maximum absolute atomic E-state index is 12.7. The van der Waals surface area contributed by atoms with Crippen LogP contribution in [0.4, 0.5) is 5.82 Å². The van der Waals surface area contributed by atoms with Crippen molar-refractivity contribution in [2.45, 2.75) is 40.2 Å². The van der Waals surface area contributed by atoms with Crippen LogP contribution in [0.3, 0.4) is 0 Å². The van der Waals surface area contributed by atoms with Crippen LogP contribution in [-0.4, -0.2) is 14.5 Å². The molecular formula is C21H23ClN4O3. The third-order valence-electron chi connectivity index (χ3n) is 4.39. The second-order valence-corrected chi connectivity index (χ2v) is 7.75. The van der Waals surface area contributed by atoms with E-state index in [9.17, 15) is 9.59 Å². The van der Waals surface area contributed by atoms with Crippen molar-refractivity contribution in [3.8, 4) is 11.6 Å². The molecule has 0 saturated carbocycles. The highest BCUT2D eigenvalue weighted by molar-refractivity contribution is 6.29. The van der Waals surface area contributed by atoms with Crippen LogP contribution in [0.2, 0.25) is 5.15 Å². The molecule has 3 N–H and O–H groups in total. The Kier molecular flexibility index (Phi) is 5.79. The number of aromatic amines is 1. The Morgan fingerprint density at radius 2 is 1.79 bits per heavy atom. The molecule has 0 aliphatic carbocycles. The highest BCUT2D eigenvalue weighted by Gasteiger charge is 2.20. The Morgan fingerprint density at radius 3 is 2.38 bits per heavy atom. The van der Waals surface area contributed by atoms with E-state index < -0.39 is 11.2 Å². The minimum absolute atomic E-state index is 0.113. The zero-order valence-electron chi connectivity index (χ0n) is 16.7. The fourth-order valence-corrected chi connectivity index (χ4v) is 3.52. The van der Waals surface area contributed by atoms with Crippen molar-refractivity contribution in [3.63, 3.8) is 0 Å². The average molecular weight is 415 g/mol. The summed E-state index contributed by atoms with van der Waals surface area (Å²) < 4.78 is 7.50. The predicted molar refractivity (Wildman–Crippen MR) is 114 cm³/mol. The molecule has 0 aliphatic heterocycles. The highest BCUT2D eigenvalue weighted by Crippen LogP contribution is 2.29. The molecule has 0 fully saturated rings. The Labute approximate surface area is 173 Å². The van der Waals surface area contributed by atoms with Crippen LogP contribution in [0, 0.1) is 13.8 Å². The summed E-state index contributed by atoms with van der Waals surface area (Å²) in [5.74, 6) is 0.823. The largest absolute Gasteiger partial charge is 0.440 e. The number of pyridine rings is 1. The monoisotopic (exact) mass is 414 g/mol. The lowest BCUT2D eigenvalue weighted by Crippen LogP contribution is -2.34. The molecule has 0 atom stereocenters. The van der Waals surface area contributed by atoms with Gasteiger partial charge in [-0.2, -0.15) is 0 Å². The number of hydrogen-bond donors (Lipinski definition) is 2. The molecule has 2 heterocycles. The zero-order valence-corrected chi connectivity index (χ0v) is 17.5. The maximum Gasteiger partial charge on any atom is 0.331 e. The van der Waals surface area contributed by atoms with E-state index in [4.69, 9.17) is 22.1 Å². The Bertz CT molecular complexity index is 1140. The molecule has 0 saturated heterocycles. The molecule has 29 heavy (non-hydrogen) atoms. The van der Waals surface area contributed by atoms with Gasteiger partial charge in [0.25, 0.3) is 5.56 Å². The lowest BCUT2D eigenvalue weighted by molar-refractivity contribution is 0.410. The first-order valence-corrected chi connectivity index (χ1v) is 9.57. The fraction of sp³-hybridized carbons (Fsp3) is 0.286. The summed E-state index contributed by atoms with van der Waals surface area (Å²) in [4.78, 5) is 31.5. The number of benzene rings is 1. The molecule has 3 aromatic rings. The number of rotatable bonds is 5. The number of H-pyrrole nitrogens is 1. The second-order valence-electron chi connectivity index (χ2n) is 7.37. The van der Waals surface area contributed by atoms with E-state index >= 15 is 0 Å². The molecular weight excluding hydrogens is 392 g/mol. The van der Waals surface area contributed by atoms with Gasteiger partial charge in [0.05, 0.1) is 12.1 Å². The molecule has 3 rings (SSSR count). The van der Waals surface area contributed by atoms with Crippen LogP contribution >= 0.6 is 11.6 Å². The first-order valence-electron chi connectivity index (χ1n) is 9.19. The summed E-state index contributed by atoms with van der Waals surface area (Å²) in [5.41, 5.74) is 7.81. The fourth-order valence-electron chi connectivity index (χ4n) is 3.28. The van der Waals surface area contributed by atoms with Crippen molar-refractivity contribution in [3.05, 3.63) is 78.6 Å². The Balaban J connectivity index is 2.20. The van der Waals surface area contributed by atoms with E-state index in [1.807, 2.05) is 45.9 Å². The molecule has 0 bridgehead atoms. The van der Waals surface area contributed by atoms with E-state index in [1.54, 1.807) is 12.1 Å². The number of nitrogens with one attached hydrogen (secondary N) is 1. The number of nitrogen functional groups attached to an aromatic ring is 1. The molecule has 8 heteroatoms. The van der Waals surface area contributed by atoms with Crippen LogP contribution in [-0.2, 0) is 6.54 Å². The summed E-state index contributed by atoms with van der Waals surface area (Å²) in [7, 11) is 0. The first kappa shape index (κ1) is 20.7. The number of aryl methyl sites for hydroxylation is 2. The zero-order chi connectivity index (χ0) is 21.3. The molecule has 2 aromatic heterocycles. The number of halogens is 1. The van der Waals surface area contributed by atoms with Gasteiger partial charge in [-0.25, -0.2) is 9.78 Å². The standard InChI is InChI=1S/C21H23ClN4O3/c1-11(2)18-19(27)25-21(28)26(10-14-8-16(22)24-17(23)9-14)20(18)29-15-6-12(3)5-13(4)7-15/h5-9,11H,10H2,1-4H3,(H2,23,24)(H,25,27,28). The van der Waals surface area contributed by atoms with Crippen molar-refractivity contribution in [2.24, 2.45) is 0 Å². The number of nitrogens with zero attached hydrogens (tertiary/aromatic N) is 2. The number of ether oxygens (including phenoxy) is 1. The van der Waals surface area contributed by atoms with Crippen LogP contribution in [0.25, 0.3) is 0 Å². The predicted octanol–water partition coefficient (Wildman–Crippen LogP) is 3.75. The quantitative estimate of drug-likeness (QED) is 0.619. The van der Waals surface area contributed by atoms with Crippen molar-refractivity contribution in [1.29, 1.82) is 0 Å². The van der Waals surface area contributed by atoms with Crippen LogP contribution in [0.1, 0.15) is 42.0 Å². The van der Waals surface area contributed by atoms with Gasteiger partial charge in [-0.05, 0) is 60.7 Å². The smallest absolute Gasteiger partial charge is 0.331 e. The normalized spacial score (nSPS) is 11.1. The van der Waals surface area contributed by atoms with Crippen molar-refractivity contribution in [1.82, 2.24) is 14.5 Å². The van der Waals surface area contributed by atoms with Gasteiger partial charge >= 0.3 is 5.69 Å². The number of aromatic nitrogens is 3. The van der Waals surface area contributed by atoms with Gasteiger partial charge in [0.1, 0.15) is 16.7 Å². The third kappa shape index (κ3) is 4.68. The minimum atomic E-state index is -0.578. The van der Waals surface area contributed by atoms with E-state index in [-0.39, 0.29) is 29.3 Å². The summed E-state index contributed by atoms with van der Waals surface area (Å²) in [5, 5.41) is 0.221. The molecule has 0 unspecified atom stereocenters. The van der Waals surface area contributed by atoms with Gasteiger partial charge in [-0.3, -0.25) is 14.3 Å². The van der Waals surface area contributed by atoms with Crippen LogP contribution in [0.15, 0.2) is 39.9 Å². The summed E-state index contributed by atoms with van der Waals surface area (Å²) in [6.07, 6.45) is 0. The molecule has 0 spiro atoms. The lowest BCUT2D eigenvalue weighted by atomic mass is 10.1. The first-order chi connectivity index (χ1) is 13.6. The number of hydrogen-bond acceptors (Lipinski definition) is 5.